The Balaban J connectivity index is 2.18. The second kappa shape index (κ2) is 6.91. The third kappa shape index (κ3) is 3.07. The summed E-state index contributed by atoms with van der Waals surface area (Å²) in [6.07, 6.45) is 2.95. The molecule has 0 bridgehead atoms. The van der Waals surface area contributed by atoms with E-state index in [1.54, 1.807) is 4.68 Å². The predicted octanol–water partition coefficient (Wildman–Crippen LogP) is 5.20. The summed E-state index contributed by atoms with van der Waals surface area (Å²) in [6.45, 7) is 6.27. The average Bonchev–Trinajstić information content (AvgIpc) is 2.90. The van der Waals surface area contributed by atoms with E-state index in [0.29, 0.717) is 0 Å². The number of hydrogen-bond donors (Lipinski definition) is 1. The topological polar surface area (TPSA) is 38.0 Å². The zero-order valence-electron chi connectivity index (χ0n) is 14.6. The number of aromatic nitrogens is 2. The van der Waals surface area contributed by atoms with Gasteiger partial charge in [0.2, 0.25) is 5.88 Å². The van der Waals surface area contributed by atoms with Crippen LogP contribution in [0.1, 0.15) is 36.5 Å². The first-order chi connectivity index (χ1) is 11.6. The minimum Gasteiger partial charge on any atom is -0.493 e. The van der Waals surface area contributed by atoms with E-state index >= 15 is 0 Å². The van der Waals surface area contributed by atoms with Gasteiger partial charge in [0, 0.05) is 11.1 Å². The standard InChI is InChI=1S/C21H24N2O/c1-4-5-12-18-20(17-11-8-9-15(2)14-17)22-23(21(18)24)19-13-7-6-10-16(19)3/h6-11,13-14,24H,4-5,12H2,1-3H3. The Labute approximate surface area is 143 Å². The normalized spacial score (nSPS) is 11.0. The van der Waals surface area contributed by atoms with Crippen molar-refractivity contribution in [2.45, 2.75) is 40.0 Å². The Kier molecular flexibility index (Phi) is 4.70. The summed E-state index contributed by atoms with van der Waals surface area (Å²) in [5, 5.41) is 15.6. The Hall–Kier alpha value is -2.55. The highest BCUT2D eigenvalue weighted by Gasteiger charge is 2.20. The van der Waals surface area contributed by atoms with Crippen molar-refractivity contribution in [2.24, 2.45) is 0 Å². The van der Waals surface area contributed by atoms with E-state index in [1.807, 2.05) is 37.3 Å². The van der Waals surface area contributed by atoms with Crippen LogP contribution in [0.2, 0.25) is 0 Å². The molecule has 24 heavy (non-hydrogen) atoms. The van der Waals surface area contributed by atoms with Crippen LogP contribution < -0.4 is 0 Å². The second-order valence-corrected chi connectivity index (χ2v) is 6.32. The molecule has 0 aliphatic rings. The van der Waals surface area contributed by atoms with Crippen molar-refractivity contribution in [3.05, 3.63) is 65.2 Å². The molecule has 0 amide bonds. The molecular weight excluding hydrogens is 296 g/mol. The van der Waals surface area contributed by atoms with E-state index in [0.717, 1.165) is 47.3 Å². The lowest BCUT2D eigenvalue weighted by atomic mass is 10.0. The molecule has 3 aromatic rings. The first-order valence-corrected chi connectivity index (χ1v) is 8.55. The van der Waals surface area contributed by atoms with E-state index < -0.39 is 0 Å². The number of para-hydroxylation sites is 1. The molecule has 3 heteroatoms. The van der Waals surface area contributed by atoms with Crippen molar-refractivity contribution < 1.29 is 5.11 Å². The molecule has 0 spiro atoms. The fourth-order valence-electron chi connectivity index (χ4n) is 3.02. The monoisotopic (exact) mass is 320 g/mol. The number of aromatic hydroxyl groups is 1. The molecule has 0 saturated carbocycles. The van der Waals surface area contributed by atoms with Gasteiger partial charge in [0.25, 0.3) is 0 Å². The summed E-state index contributed by atoms with van der Waals surface area (Å²) in [5.74, 6) is 0.259. The zero-order valence-corrected chi connectivity index (χ0v) is 14.6. The van der Waals surface area contributed by atoms with Gasteiger partial charge in [-0.1, -0.05) is 55.3 Å². The highest BCUT2D eigenvalue weighted by molar-refractivity contribution is 5.67. The van der Waals surface area contributed by atoms with E-state index in [2.05, 4.69) is 32.0 Å². The molecule has 0 radical (unpaired) electrons. The third-order valence-electron chi connectivity index (χ3n) is 4.37. The maximum Gasteiger partial charge on any atom is 0.218 e. The Morgan fingerprint density at radius 1 is 1.04 bits per heavy atom. The van der Waals surface area contributed by atoms with Crippen molar-refractivity contribution in [3.8, 4) is 22.8 Å². The summed E-state index contributed by atoms with van der Waals surface area (Å²) >= 11 is 0. The number of unbranched alkanes of at least 4 members (excludes halogenated alkanes) is 1. The van der Waals surface area contributed by atoms with Crippen LogP contribution in [0.4, 0.5) is 0 Å². The number of benzene rings is 2. The maximum atomic E-state index is 10.8. The van der Waals surface area contributed by atoms with Gasteiger partial charge in [-0.25, -0.2) is 4.68 Å². The van der Waals surface area contributed by atoms with Crippen LogP contribution in [-0.4, -0.2) is 14.9 Å². The average molecular weight is 320 g/mol. The molecule has 3 rings (SSSR count). The number of hydrogen-bond acceptors (Lipinski definition) is 2. The zero-order chi connectivity index (χ0) is 17.1. The van der Waals surface area contributed by atoms with Gasteiger partial charge in [0.1, 0.15) is 0 Å². The van der Waals surface area contributed by atoms with Gasteiger partial charge in [0.05, 0.1) is 11.4 Å². The van der Waals surface area contributed by atoms with Gasteiger partial charge in [-0.3, -0.25) is 0 Å². The van der Waals surface area contributed by atoms with Crippen LogP contribution in [0.25, 0.3) is 16.9 Å². The van der Waals surface area contributed by atoms with Crippen LogP contribution in [-0.2, 0) is 6.42 Å². The SMILES string of the molecule is CCCCc1c(-c2cccc(C)c2)nn(-c2ccccc2C)c1O. The largest absolute Gasteiger partial charge is 0.493 e. The van der Waals surface area contributed by atoms with E-state index in [9.17, 15) is 5.11 Å². The molecule has 1 heterocycles. The summed E-state index contributed by atoms with van der Waals surface area (Å²) < 4.78 is 1.68. The van der Waals surface area contributed by atoms with Gasteiger partial charge >= 0.3 is 0 Å². The van der Waals surface area contributed by atoms with Crippen molar-refractivity contribution in [1.29, 1.82) is 0 Å². The van der Waals surface area contributed by atoms with Crippen molar-refractivity contribution in [3.63, 3.8) is 0 Å². The van der Waals surface area contributed by atoms with Crippen LogP contribution in [0.5, 0.6) is 5.88 Å². The van der Waals surface area contributed by atoms with E-state index in [4.69, 9.17) is 5.10 Å². The number of aryl methyl sites for hydroxylation is 2. The van der Waals surface area contributed by atoms with E-state index in [1.165, 1.54) is 5.56 Å². The van der Waals surface area contributed by atoms with Gasteiger partial charge in [0.15, 0.2) is 0 Å². The number of nitrogens with zero attached hydrogens (tertiary/aromatic N) is 2. The Morgan fingerprint density at radius 3 is 2.54 bits per heavy atom. The molecule has 0 atom stereocenters. The minimum absolute atomic E-state index is 0.259. The quantitative estimate of drug-likeness (QED) is 0.701. The molecule has 1 aromatic heterocycles. The smallest absolute Gasteiger partial charge is 0.218 e. The molecule has 2 aromatic carbocycles. The summed E-state index contributed by atoms with van der Waals surface area (Å²) in [4.78, 5) is 0. The van der Waals surface area contributed by atoms with Crippen molar-refractivity contribution in [2.75, 3.05) is 0 Å². The molecule has 0 fully saturated rings. The summed E-state index contributed by atoms with van der Waals surface area (Å²) in [5.41, 5.74) is 6.08. The summed E-state index contributed by atoms with van der Waals surface area (Å²) in [7, 11) is 0. The van der Waals surface area contributed by atoms with Crippen LogP contribution in [0.3, 0.4) is 0 Å². The van der Waals surface area contributed by atoms with Crippen molar-refractivity contribution in [1.82, 2.24) is 9.78 Å². The predicted molar refractivity (Wildman–Crippen MR) is 98.8 cm³/mol. The van der Waals surface area contributed by atoms with Gasteiger partial charge < -0.3 is 5.11 Å². The lowest BCUT2D eigenvalue weighted by molar-refractivity contribution is 0.427. The highest BCUT2D eigenvalue weighted by Crippen LogP contribution is 2.34. The van der Waals surface area contributed by atoms with Gasteiger partial charge in [-0.15, -0.1) is 0 Å². The van der Waals surface area contributed by atoms with Crippen LogP contribution in [0.15, 0.2) is 48.5 Å². The molecule has 0 saturated heterocycles. The molecule has 124 valence electrons. The minimum atomic E-state index is 0.259. The van der Waals surface area contributed by atoms with Crippen LogP contribution >= 0.6 is 0 Å². The fraction of sp³-hybridized carbons (Fsp3) is 0.286. The second-order valence-electron chi connectivity index (χ2n) is 6.32. The number of rotatable bonds is 5. The molecule has 0 unspecified atom stereocenters. The van der Waals surface area contributed by atoms with Crippen molar-refractivity contribution >= 4 is 0 Å². The molecular formula is C21H24N2O. The highest BCUT2D eigenvalue weighted by atomic mass is 16.3. The Morgan fingerprint density at radius 2 is 1.83 bits per heavy atom. The third-order valence-corrected chi connectivity index (χ3v) is 4.37. The fourth-order valence-corrected chi connectivity index (χ4v) is 3.02. The Bertz CT molecular complexity index is 849. The lowest BCUT2D eigenvalue weighted by Gasteiger charge is -2.06. The molecule has 0 aliphatic carbocycles. The lowest BCUT2D eigenvalue weighted by Crippen LogP contribution is -1.98. The summed E-state index contributed by atoms with van der Waals surface area (Å²) in [6, 6.07) is 16.3. The van der Waals surface area contributed by atoms with Gasteiger partial charge in [-0.05, 0) is 44.4 Å². The van der Waals surface area contributed by atoms with E-state index in [-0.39, 0.29) is 5.88 Å². The molecule has 1 N–H and O–H groups in total. The van der Waals surface area contributed by atoms with Crippen LogP contribution in [0, 0.1) is 13.8 Å². The first-order valence-electron chi connectivity index (χ1n) is 8.55. The van der Waals surface area contributed by atoms with Gasteiger partial charge in [-0.2, -0.15) is 5.10 Å². The molecule has 0 aliphatic heterocycles. The first kappa shape index (κ1) is 16.3. The molecule has 3 nitrogen and oxygen atoms in total. The maximum absolute atomic E-state index is 10.8.